The van der Waals surface area contributed by atoms with E-state index in [0.29, 0.717) is 17.5 Å². The van der Waals surface area contributed by atoms with Crippen molar-refractivity contribution in [3.63, 3.8) is 0 Å². The van der Waals surface area contributed by atoms with Gasteiger partial charge in [0.05, 0.1) is 11.0 Å². The Labute approximate surface area is 330 Å². The van der Waals surface area contributed by atoms with Gasteiger partial charge in [-0.05, 0) is 83.9 Å². The summed E-state index contributed by atoms with van der Waals surface area (Å²) in [6.45, 7) is 0. The van der Waals surface area contributed by atoms with E-state index in [1.165, 1.54) is 53.1 Å². The van der Waals surface area contributed by atoms with Gasteiger partial charge in [-0.1, -0.05) is 109 Å². The van der Waals surface area contributed by atoms with Crippen LogP contribution in [-0.4, -0.2) is 19.5 Å². The number of nitrogens with zero attached hydrogens (tertiary/aromatic N) is 4. The van der Waals surface area contributed by atoms with Crippen molar-refractivity contribution in [2.24, 2.45) is 0 Å². The van der Waals surface area contributed by atoms with Crippen LogP contribution in [0.3, 0.4) is 0 Å². The molecule has 0 saturated heterocycles. The quantitative estimate of drug-likeness (QED) is 0.176. The molecule has 0 bridgehead atoms. The van der Waals surface area contributed by atoms with Crippen LogP contribution in [-0.2, 0) is 0 Å². The molecule has 12 rings (SSSR count). The lowest BCUT2D eigenvalue weighted by Crippen LogP contribution is -2.00. The molecule has 0 unspecified atom stereocenters. The van der Waals surface area contributed by atoms with E-state index < -0.39 is 0 Å². The molecular weight excluding hydrogens is 717 g/mol. The summed E-state index contributed by atoms with van der Waals surface area (Å²) < 4.78 is 11.1. The Morgan fingerprint density at radius 1 is 0.386 bits per heavy atom. The molecule has 5 nitrogen and oxygen atoms in total. The summed E-state index contributed by atoms with van der Waals surface area (Å²) in [4.78, 5) is 15.3. The second-order valence-electron chi connectivity index (χ2n) is 14.4. The van der Waals surface area contributed by atoms with Crippen LogP contribution in [0, 0.1) is 0 Å². The first-order chi connectivity index (χ1) is 28.2. The van der Waals surface area contributed by atoms with E-state index in [1.807, 2.05) is 65.9 Å². The Balaban J connectivity index is 1.03. The van der Waals surface area contributed by atoms with Crippen molar-refractivity contribution in [3.8, 4) is 51.0 Å². The number of fused-ring (bicyclic) bond motifs is 9. The number of hydrogen-bond donors (Lipinski definition) is 0. The third-order valence-electron chi connectivity index (χ3n) is 11.1. The van der Waals surface area contributed by atoms with Gasteiger partial charge in [0.15, 0.2) is 17.5 Å². The van der Waals surface area contributed by atoms with Crippen LogP contribution in [0.2, 0.25) is 0 Å². The predicted octanol–water partition coefficient (Wildman–Crippen LogP) is 13.9. The fraction of sp³-hybridized carbons (Fsp3) is 0. The highest BCUT2D eigenvalue weighted by Gasteiger charge is 2.19. The maximum absolute atomic E-state index is 6.27. The van der Waals surface area contributed by atoms with E-state index in [1.54, 1.807) is 0 Å². The largest absolute Gasteiger partial charge is 0.456 e. The number of hydrogen-bond acceptors (Lipinski definition) is 5. The summed E-state index contributed by atoms with van der Waals surface area (Å²) in [7, 11) is 0. The van der Waals surface area contributed by atoms with Crippen LogP contribution < -0.4 is 0 Å². The van der Waals surface area contributed by atoms with Gasteiger partial charge in [-0.15, -0.1) is 11.3 Å². The maximum atomic E-state index is 6.27. The Kier molecular flexibility index (Phi) is 7.03. The summed E-state index contributed by atoms with van der Waals surface area (Å²) in [6.07, 6.45) is 0. The molecule has 57 heavy (non-hydrogen) atoms. The van der Waals surface area contributed by atoms with Crippen LogP contribution in [0.5, 0.6) is 0 Å². The van der Waals surface area contributed by atoms with Crippen LogP contribution in [0.1, 0.15) is 0 Å². The molecule has 0 aliphatic heterocycles. The number of rotatable bonds is 5. The predicted molar refractivity (Wildman–Crippen MR) is 236 cm³/mol. The van der Waals surface area contributed by atoms with E-state index in [4.69, 9.17) is 19.4 Å². The monoisotopic (exact) mass is 746 g/mol. The number of benzene rings is 8. The molecule has 0 atom stereocenters. The van der Waals surface area contributed by atoms with Gasteiger partial charge in [-0.2, -0.15) is 0 Å². The first-order valence-electron chi connectivity index (χ1n) is 19.0. The highest BCUT2D eigenvalue weighted by atomic mass is 32.1. The molecule has 8 aromatic carbocycles. The fourth-order valence-electron chi connectivity index (χ4n) is 8.42. The van der Waals surface area contributed by atoms with Crippen molar-refractivity contribution in [1.29, 1.82) is 0 Å². The number of para-hydroxylation sites is 3. The average Bonchev–Trinajstić information content (AvgIpc) is 3.95. The smallest absolute Gasteiger partial charge is 0.164 e. The van der Waals surface area contributed by atoms with Gasteiger partial charge < -0.3 is 8.98 Å². The molecule has 4 heterocycles. The van der Waals surface area contributed by atoms with Gasteiger partial charge >= 0.3 is 0 Å². The fourth-order valence-corrected chi connectivity index (χ4v) is 9.53. The molecule has 0 saturated carbocycles. The van der Waals surface area contributed by atoms with Gasteiger partial charge in [0, 0.05) is 64.1 Å². The molecular formula is C51H30N4OS. The zero-order valence-electron chi connectivity index (χ0n) is 30.4. The molecule has 0 aliphatic carbocycles. The third kappa shape index (κ3) is 5.12. The highest BCUT2D eigenvalue weighted by Crippen LogP contribution is 2.43. The minimum Gasteiger partial charge on any atom is -0.456 e. The van der Waals surface area contributed by atoms with Crippen LogP contribution in [0.25, 0.3) is 115 Å². The van der Waals surface area contributed by atoms with E-state index in [2.05, 4.69) is 132 Å². The normalized spacial score (nSPS) is 11.9. The van der Waals surface area contributed by atoms with Crippen molar-refractivity contribution in [2.75, 3.05) is 0 Å². The van der Waals surface area contributed by atoms with Gasteiger partial charge in [-0.25, -0.2) is 15.0 Å². The molecule has 0 spiro atoms. The summed E-state index contributed by atoms with van der Waals surface area (Å²) >= 11 is 1.82. The Morgan fingerprint density at radius 3 is 1.86 bits per heavy atom. The van der Waals surface area contributed by atoms with Gasteiger partial charge in [-0.3, -0.25) is 0 Å². The molecule has 0 fully saturated rings. The first-order valence-corrected chi connectivity index (χ1v) is 19.8. The maximum Gasteiger partial charge on any atom is 0.164 e. The first kappa shape index (κ1) is 31.9. The Bertz CT molecular complexity index is 3530. The molecule has 0 amide bonds. The van der Waals surface area contributed by atoms with E-state index in [0.717, 1.165) is 44.3 Å². The molecule has 0 N–H and O–H groups in total. The van der Waals surface area contributed by atoms with Crippen LogP contribution >= 0.6 is 11.3 Å². The standard InChI is InChI=1S/C51H30N4OS/c1-3-12-31(13-4-1)49-52-50(54-51(53-49)34-22-25-39-38-17-8-10-20-44(38)56-45(39)30-34)33-24-27-46-41(29-33)48-36(18-11-21-47(48)57-46)32-23-26-43-40(28-32)37-16-7-9-19-42(37)55(43)35-14-5-2-6-15-35/h1-30H. The number of thiophene rings is 1. The van der Waals surface area contributed by atoms with Gasteiger partial charge in [0.1, 0.15) is 11.2 Å². The molecule has 0 aliphatic rings. The Morgan fingerprint density at radius 2 is 1.02 bits per heavy atom. The van der Waals surface area contributed by atoms with E-state index >= 15 is 0 Å². The number of aromatic nitrogens is 4. The molecule has 266 valence electrons. The van der Waals surface area contributed by atoms with Gasteiger partial charge in [0.25, 0.3) is 0 Å². The topological polar surface area (TPSA) is 56.7 Å². The molecule has 0 radical (unpaired) electrons. The van der Waals surface area contributed by atoms with Crippen molar-refractivity contribution >= 4 is 75.3 Å². The van der Waals surface area contributed by atoms with Crippen molar-refractivity contribution in [3.05, 3.63) is 182 Å². The van der Waals surface area contributed by atoms with Crippen molar-refractivity contribution < 1.29 is 4.42 Å². The van der Waals surface area contributed by atoms with Crippen LogP contribution in [0.15, 0.2) is 186 Å². The lowest BCUT2D eigenvalue weighted by molar-refractivity contribution is 0.669. The minimum atomic E-state index is 0.597. The molecule has 6 heteroatoms. The van der Waals surface area contributed by atoms with Crippen molar-refractivity contribution in [2.45, 2.75) is 0 Å². The van der Waals surface area contributed by atoms with Gasteiger partial charge in [0.2, 0.25) is 0 Å². The lowest BCUT2D eigenvalue weighted by atomic mass is 9.97. The SMILES string of the molecule is c1ccc(-c2nc(-c3ccc4c(c3)oc3ccccc34)nc(-c3ccc4sc5cccc(-c6ccc7c(c6)c6ccccc6n7-c6ccccc6)c5c4c3)n2)cc1. The average molecular weight is 747 g/mol. The second kappa shape index (κ2) is 12.6. The Hall–Kier alpha value is -7.41. The summed E-state index contributed by atoms with van der Waals surface area (Å²) in [5.41, 5.74) is 10.3. The zero-order chi connectivity index (χ0) is 37.5. The number of furan rings is 1. The second-order valence-corrected chi connectivity index (χ2v) is 15.5. The van der Waals surface area contributed by atoms with Crippen LogP contribution in [0.4, 0.5) is 0 Å². The van der Waals surface area contributed by atoms with Crippen molar-refractivity contribution in [1.82, 2.24) is 19.5 Å². The molecule has 4 aromatic heterocycles. The molecule has 12 aromatic rings. The summed E-state index contributed by atoms with van der Waals surface area (Å²) in [5.74, 6) is 1.84. The lowest BCUT2D eigenvalue weighted by Gasteiger charge is -2.10. The minimum absolute atomic E-state index is 0.597. The summed E-state index contributed by atoms with van der Waals surface area (Å²) in [5, 5.41) is 7.05. The third-order valence-corrected chi connectivity index (χ3v) is 12.2. The highest BCUT2D eigenvalue weighted by molar-refractivity contribution is 7.26. The zero-order valence-corrected chi connectivity index (χ0v) is 31.2. The van der Waals surface area contributed by atoms with E-state index in [-0.39, 0.29) is 0 Å². The van der Waals surface area contributed by atoms with E-state index in [9.17, 15) is 0 Å². The summed E-state index contributed by atoms with van der Waals surface area (Å²) in [6, 6.07) is 63.9.